The van der Waals surface area contributed by atoms with E-state index < -0.39 is 48.4 Å². The van der Waals surface area contributed by atoms with Gasteiger partial charge in [-0.2, -0.15) is 26.3 Å². The summed E-state index contributed by atoms with van der Waals surface area (Å²) < 4.78 is 77.4. The first kappa shape index (κ1) is 16.1. The molecule has 0 saturated heterocycles. The van der Waals surface area contributed by atoms with Gasteiger partial charge in [0.15, 0.2) is 0 Å². The summed E-state index contributed by atoms with van der Waals surface area (Å²) in [7, 11) is 0. The van der Waals surface area contributed by atoms with Crippen LogP contribution in [0.25, 0.3) is 0 Å². The van der Waals surface area contributed by atoms with E-state index in [1.54, 1.807) is 0 Å². The zero-order valence-corrected chi connectivity index (χ0v) is 9.68. The van der Waals surface area contributed by atoms with Gasteiger partial charge < -0.3 is 10.5 Å². The van der Waals surface area contributed by atoms with Gasteiger partial charge in [-0.3, -0.25) is 4.79 Å². The number of alkyl halides is 6. The van der Waals surface area contributed by atoms with Crippen molar-refractivity contribution in [3.05, 3.63) is 23.4 Å². The molecule has 0 aliphatic heterocycles. The maximum atomic E-state index is 12.4. The second-order valence-corrected chi connectivity index (χ2v) is 3.62. The number of aromatic nitrogens is 1. The fraction of sp³-hybridized carbons (Fsp3) is 0.400. The molecule has 0 aliphatic rings. The number of amides is 1. The molecule has 10 heteroatoms. The van der Waals surface area contributed by atoms with E-state index in [0.717, 1.165) is 0 Å². The van der Waals surface area contributed by atoms with Crippen molar-refractivity contribution in [1.29, 1.82) is 0 Å². The molecule has 0 aliphatic carbocycles. The summed E-state index contributed by atoms with van der Waals surface area (Å²) in [4.78, 5) is 13.9. The number of hydrogen-bond acceptors (Lipinski definition) is 3. The zero-order valence-electron chi connectivity index (χ0n) is 9.68. The SMILES string of the molecule is NC(=O)c1ccc(C(F)(F)F)nc1OCCC(F)(F)F. The molecule has 0 saturated carbocycles. The lowest BCUT2D eigenvalue weighted by Gasteiger charge is -2.12. The van der Waals surface area contributed by atoms with Crippen LogP contribution >= 0.6 is 0 Å². The first-order chi connectivity index (χ1) is 9.00. The first-order valence-electron chi connectivity index (χ1n) is 5.08. The van der Waals surface area contributed by atoms with Crippen LogP contribution in [-0.2, 0) is 6.18 Å². The van der Waals surface area contributed by atoms with Crippen molar-refractivity contribution < 1.29 is 35.9 Å². The Labute approximate surface area is 108 Å². The van der Waals surface area contributed by atoms with Gasteiger partial charge in [0.25, 0.3) is 5.91 Å². The summed E-state index contributed by atoms with van der Waals surface area (Å²) in [6.45, 7) is -0.974. The van der Waals surface area contributed by atoms with Crippen molar-refractivity contribution in [3.8, 4) is 5.88 Å². The molecule has 4 nitrogen and oxygen atoms in total. The van der Waals surface area contributed by atoms with Crippen LogP contribution in [0.15, 0.2) is 12.1 Å². The van der Waals surface area contributed by atoms with Gasteiger partial charge in [0.2, 0.25) is 5.88 Å². The van der Waals surface area contributed by atoms with E-state index in [2.05, 4.69) is 9.72 Å². The number of ether oxygens (including phenoxy) is 1. The number of nitrogens with two attached hydrogens (primary N) is 1. The minimum atomic E-state index is -4.82. The molecule has 1 aromatic heterocycles. The number of pyridine rings is 1. The molecule has 0 aromatic carbocycles. The molecule has 1 amide bonds. The molecule has 2 N–H and O–H groups in total. The second kappa shape index (κ2) is 5.55. The Hall–Kier alpha value is -2.00. The van der Waals surface area contributed by atoms with Crippen LogP contribution in [0.5, 0.6) is 5.88 Å². The van der Waals surface area contributed by atoms with Gasteiger partial charge in [0.1, 0.15) is 11.3 Å². The van der Waals surface area contributed by atoms with Crippen molar-refractivity contribution in [2.75, 3.05) is 6.61 Å². The lowest BCUT2D eigenvalue weighted by atomic mass is 10.2. The van der Waals surface area contributed by atoms with Gasteiger partial charge >= 0.3 is 12.4 Å². The van der Waals surface area contributed by atoms with E-state index in [-0.39, 0.29) is 0 Å². The van der Waals surface area contributed by atoms with Gasteiger partial charge in [-0.25, -0.2) is 4.98 Å². The van der Waals surface area contributed by atoms with Crippen LogP contribution in [0, 0.1) is 0 Å². The van der Waals surface area contributed by atoms with Crippen molar-refractivity contribution in [2.45, 2.75) is 18.8 Å². The lowest BCUT2D eigenvalue weighted by Crippen LogP contribution is -2.19. The number of primary amides is 1. The molecule has 112 valence electrons. The van der Waals surface area contributed by atoms with Crippen LogP contribution in [-0.4, -0.2) is 23.7 Å². The number of nitrogens with zero attached hydrogens (tertiary/aromatic N) is 1. The Bertz CT molecular complexity index is 498. The third-order valence-electron chi connectivity index (χ3n) is 2.04. The van der Waals surface area contributed by atoms with Crippen LogP contribution in [0.4, 0.5) is 26.3 Å². The summed E-state index contributed by atoms with van der Waals surface area (Å²) in [5.41, 5.74) is 2.94. The minimum absolute atomic E-state index is 0.483. The molecule has 0 fully saturated rings. The predicted molar refractivity (Wildman–Crippen MR) is 53.9 cm³/mol. The second-order valence-electron chi connectivity index (χ2n) is 3.62. The predicted octanol–water partition coefficient (Wildman–Crippen LogP) is 2.53. The van der Waals surface area contributed by atoms with E-state index in [9.17, 15) is 31.1 Å². The van der Waals surface area contributed by atoms with Crippen LogP contribution in [0.1, 0.15) is 22.5 Å². The summed E-state index contributed by atoms with van der Waals surface area (Å²) in [6.07, 6.45) is -10.8. The molecule has 0 spiro atoms. The summed E-state index contributed by atoms with van der Waals surface area (Å²) in [6, 6.07) is 1.18. The number of rotatable bonds is 4. The fourth-order valence-electron chi connectivity index (χ4n) is 1.16. The Morgan fingerprint density at radius 2 is 1.80 bits per heavy atom. The molecule has 1 heterocycles. The third kappa shape index (κ3) is 4.59. The largest absolute Gasteiger partial charge is 0.477 e. The zero-order chi connectivity index (χ0) is 15.6. The first-order valence-corrected chi connectivity index (χ1v) is 5.08. The summed E-state index contributed by atoms with van der Waals surface area (Å²) >= 11 is 0. The van der Waals surface area contributed by atoms with Gasteiger partial charge in [-0.1, -0.05) is 0 Å². The number of hydrogen-bond donors (Lipinski definition) is 1. The molecule has 1 aromatic rings. The molecular weight excluding hydrogens is 294 g/mol. The van der Waals surface area contributed by atoms with Gasteiger partial charge in [-0.05, 0) is 12.1 Å². The highest BCUT2D eigenvalue weighted by molar-refractivity contribution is 5.95. The third-order valence-corrected chi connectivity index (χ3v) is 2.04. The highest BCUT2D eigenvalue weighted by atomic mass is 19.4. The lowest BCUT2D eigenvalue weighted by molar-refractivity contribution is -0.143. The molecule has 0 radical (unpaired) electrons. The molecule has 0 atom stereocenters. The maximum Gasteiger partial charge on any atom is 0.433 e. The Kier molecular flexibility index (Phi) is 4.46. The number of carbonyl (C=O) groups is 1. The molecule has 1 rings (SSSR count). The Morgan fingerprint density at radius 1 is 1.20 bits per heavy atom. The molecule has 20 heavy (non-hydrogen) atoms. The molecular formula is C10H8F6N2O2. The quantitative estimate of drug-likeness (QED) is 0.869. The topological polar surface area (TPSA) is 65.2 Å². The van der Waals surface area contributed by atoms with Crippen molar-refractivity contribution >= 4 is 5.91 Å². The number of halogens is 6. The highest BCUT2D eigenvalue weighted by Gasteiger charge is 2.34. The van der Waals surface area contributed by atoms with Crippen LogP contribution in [0.3, 0.4) is 0 Å². The fourth-order valence-corrected chi connectivity index (χ4v) is 1.16. The van der Waals surface area contributed by atoms with E-state index in [1.807, 2.05) is 0 Å². The van der Waals surface area contributed by atoms with Crippen molar-refractivity contribution in [2.24, 2.45) is 5.73 Å². The van der Waals surface area contributed by atoms with Crippen molar-refractivity contribution in [3.63, 3.8) is 0 Å². The molecule has 0 bridgehead atoms. The van der Waals surface area contributed by atoms with E-state index in [1.165, 1.54) is 0 Å². The summed E-state index contributed by atoms with van der Waals surface area (Å²) in [5, 5.41) is 0. The van der Waals surface area contributed by atoms with E-state index in [4.69, 9.17) is 5.73 Å². The van der Waals surface area contributed by atoms with Gasteiger partial charge in [0.05, 0.1) is 13.0 Å². The maximum absolute atomic E-state index is 12.4. The van der Waals surface area contributed by atoms with E-state index >= 15 is 0 Å². The monoisotopic (exact) mass is 302 g/mol. The average molecular weight is 302 g/mol. The average Bonchev–Trinajstić information content (AvgIpc) is 2.25. The Balaban J connectivity index is 2.98. The van der Waals surface area contributed by atoms with Gasteiger partial charge in [0, 0.05) is 0 Å². The summed E-state index contributed by atoms with van der Waals surface area (Å²) in [5.74, 6) is -2.04. The van der Waals surface area contributed by atoms with E-state index in [0.29, 0.717) is 12.1 Å². The highest BCUT2D eigenvalue weighted by Crippen LogP contribution is 2.30. The molecule has 0 unspecified atom stereocenters. The van der Waals surface area contributed by atoms with Crippen LogP contribution < -0.4 is 10.5 Å². The standard InChI is InChI=1S/C10H8F6N2O2/c11-9(12,13)3-4-20-8-5(7(17)19)1-2-6(18-8)10(14,15)16/h1-2H,3-4H2,(H2,17,19). The normalized spacial score (nSPS) is 12.3. The minimum Gasteiger partial charge on any atom is -0.477 e. The van der Waals surface area contributed by atoms with Gasteiger partial charge in [-0.15, -0.1) is 0 Å². The van der Waals surface area contributed by atoms with Crippen LogP contribution in [0.2, 0.25) is 0 Å². The smallest absolute Gasteiger partial charge is 0.433 e. The Morgan fingerprint density at radius 3 is 2.25 bits per heavy atom. The number of carbonyl (C=O) groups excluding carboxylic acids is 1. The van der Waals surface area contributed by atoms with Crippen molar-refractivity contribution in [1.82, 2.24) is 4.98 Å².